The van der Waals surface area contributed by atoms with Gasteiger partial charge in [0.1, 0.15) is 5.82 Å². The van der Waals surface area contributed by atoms with Gasteiger partial charge in [-0.2, -0.15) is 5.26 Å². The molecule has 2 aromatic rings. The van der Waals surface area contributed by atoms with Gasteiger partial charge in [-0.15, -0.1) is 11.8 Å². The summed E-state index contributed by atoms with van der Waals surface area (Å²) in [5.41, 5.74) is 1.12. The van der Waals surface area contributed by atoms with Crippen LogP contribution in [0.15, 0.2) is 53.4 Å². The largest absolute Gasteiger partial charge is 0.352 e. The van der Waals surface area contributed by atoms with Gasteiger partial charge >= 0.3 is 0 Å². The number of amides is 1. The number of rotatable bonds is 6. The van der Waals surface area contributed by atoms with E-state index < -0.39 is 0 Å². The molecule has 0 spiro atoms. The molecule has 0 bridgehead atoms. The summed E-state index contributed by atoms with van der Waals surface area (Å²) in [6.07, 6.45) is 0.436. The predicted octanol–water partition coefficient (Wildman–Crippen LogP) is 3.41. The summed E-state index contributed by atoms with van der Waals surface area (Å²) in [7, 11) is 0. The molecule has 2 aromatic carbocycles. The van der Waals surface area contributed by atoms with Crippen LogP contribution in [-0.2, 0) is 6.42 Å². The third kappa shape index (κ3) is 4.34. The van der Waals surface area contributed by atoms with E-state index in [2.05, 4.69) is 5.32 Å². The molecule has 3 nitrogen and oxygen atoms in total. The first-order valence-corrected chi connectivity index (χ1v) is 7.81. The Labute approximate surface area is 133 Å². The van der Waals surface area contributed by atoms with E-state index in [4.69, 9.17) is 5.26 Å². The Hall–Kier alpha value is -2.32. The van der Waals surface area contributed by atoms with E-state index in [-0.39, 0.29) is 11.7 Å². The molecule has 0 aliphatic carbocycles. The normalized spacial score (nSPS) is 10.0. The van der Waals surface area contributed by atoms with Crippen molar-refractivity contribution in [2.24, 2.45) is 0 Å². The number of carbonyl (C=O) groups excluding carboxylic acids is 1. The first kappa shape index (κ1) is 16.1. The smallest absolute Gasteiger partial charge is 0.252 e. The van der Waals surface area contributed by atoms with Crippen LogP contribution in [0, 0.1) is 17.1 Å². The summed E-state index contributed by atoms with van der Waals surface area (Å²) in [5.74, 6) is -0.182. The summed E-state index contributed by atoms with van der Waals surface area (Å²) < 4.78 is 13.5. The number of hydrogen-bond acceptors (Lipinski definition) is 3. The monoisotopic (exact) mass is 314 g/mol. The molecule has 2 rings (SSSR count). The molecule has 0 fully saturated rings. The lowest BCUT2D eigenvalue weighted by Gasteiger charge is -2.09. The molecule has 112 valence electrons. The molecular formula is C17H15FN2OS. The zero-order valence-corrected chi connectivity index (χ0v) is 12.7. The molecule has 0 saturated heterocycles. The van der Waals surface area contributed by atoms with Crippen molar-refractivity contribution < 1.29 is 9.18 Å². The van der Waals surface area contributed by atoms with Crippen LogP contribution in [-0.4, -0.2) is 18.2 Å². The number of carbonyl (C=O) groups is 1. The van der Waals surface area contributed by atoms with Crippen molar-refractivity contribution in [1.82, 2.24) is 5.32 Å². The average molecular weight is 314 g/mol. The second kappa shape index (κ2) is 8.20. The molecular weight excluding hydrogens is 299 g/mol. The maximum atomic E-state index is 13.5. The van der Waals surface area contributed by atoms with Gasteiger partial charge in [-0.05, 0) is 30.2 Å². The van der Waals surface area contributed by atoms with Crippen LogP contribution in [0.2, 0.25) is 0 Å². The maximum Gasteiger partial charge on any atom is 0.252 e. The molecule has 0 saturated carbocycles. The molecule has 0 aliphatic rings. The SMILES string of the molecule is N#CCSc1ccccc1C(=O)NCCc1ccccc1F. The number of benzene rings is 2. The number of nitriles is 1. The summed E-state index contributed by atoms with van der Waals surface area (Å²) in [4.78, 5) is 13.0. The number of thioether (sulfide) groups is 1. The quantitative estimate of drug-likeness (QED) is 0.831. The number of halogens is 1. The topological polar surface area (TPSA) is 52.9 Å². The second-order valence-electron chi connectivity index (χ2n) is 4.54. The second-order valence-corrected chi connectivity index (χ2v) is 5.56. The molecule has 1 amide bonds. The van der Waals surface area contributed by atoms with Gasteiger partial charge in [-0.25, -0.2) is 4.39 Å². The van der Waals surface area contributed by atoms with Crippen molar-refractivity contribution in [2.75, 3.05) is 12.3 Å². The highest BCUT2D eigenvalue weighted by Crippen LogP contribution is 2.22. The first-order valence-electron chi connectivity index (χ1n) is 6.82. The summed E-state index contributed by atoms with van der Waals surface area (Å²) in [5, 5.41) is 11.4. The van der Waals surface area contributed by atoms with Crippen molar-refractivity contribution >= 4 is 17.7 Å². The van der Waals surface area contributed by atoms with Gasteiger partial charge in [0.05, 0.1) is 17.4 Å². The van der Waals surface area contributed by atoms with Gasteiger partial charge < -0.3 is 5.32 Å². The summed E-state index contributed by atoms with van der Waals surface area (Å²) >= 11 is 1.33. The van der Waals surface area contributed by atoms with Crippen LogP contribution in [0.4, 0.5) is 4.39 Å². The number of nitrogens with one attached hydrogen (secondary N) is 1. The Balaban J connectivity index is 1.95. The van der Waals surface area contributed by atoms with Gasteiger partial charge in [0, 0.05) is 11.4 Å². The highest BCUT2D eigenvalue weighted by Gasteiger charge is 2.11. The Morgan fingerprint density at radius 2 is 1.91 bits per heavy atom. The van der Waals surface area contributed by atoms with Gasteiger partial charge in [-0.1, -0.05) is 30.3 Å². The lowest BCUT2D eigenvalue weighted by atomic mass is 10.1. The zero-order valence-electron chi connectivity index (χ0n) is 11.9. The van der Waals surface area contributed by atoms with Gasteiger partial charge in [0.15, 0.2) is 0 Å². The molecule has 0 radical (unpaired) electrons. The summed E-state index contributed by atoms with van der Waals surface area (Å²) in [6, 6.07) is 15.7. The highest BCUT2D eigenvalue weighted by atomic mass is 32.2. The predicted molar refractivity (Wildman–Crippen MR) is 85.2 cm³/mol. The Morgan fingerprint density at radius 1 is 1.18 bits per heavy atom. The van der Waals surface area contributed by atoms with Gasteiger partial charge in [0.2, 0.25) is 0 Å². The molecule has 0 atom stereocenters. The fourth-order valence-corrected chi connectivity index (χ4v) is 2.71. The number of nitrogens with zero attached hydrogens (tertiary/aromatic N) is 1. The Bertz CT molecular complexity index is 697. The minimum Gasteiger partial charge on any atom is -0.352 e. The van der Waals surface area contributed by atoms with Crippen molar-refractivity contribution in [2.45, 2.75) is 11.3 Å². The van der Waals surface area contributed by atoms with E-state index >= 15 is 0 Å². The molecule has 1 N–H and O–H groups in total. The molecule has 22 heavy (non-hydrogen) atoms. The number of hydrogen-bond donors (Lipinski definition) is 1. The Morgan fingerprint density at radius 3 is 2.68 bits per heavy atom. The van der Waals surface area contributed by atoms with E-state index in [9.17, 15) is 9.18 Å². The Kier molecular flexibility index (Phi) is 5.99. The standard InChI is InChI=1S/C17H15FN2OS/c18-15-7-3-1-5-13(15)9-11-20-17(21)14-6-2-4-8-16(14)22-12-10-19/h1-8H,9,11-12H2,(H,20,21). The molecule has 5 heteroatoms. The molecule has 0 unspecified atom stereocenters. The zero-order chi connectivity index (χ0) is 15.8. The lowest BCUT2D eigenvalue weighted by molar-refractivity contribution is 0.0951. The average Bonchev–Trinajstić information content (AvgIpc) is 2.55. The van der Waals surface area contributed by atoms with Gasteiger partial charge in [0.25, 0.3) is 5.91 Å². The fraction of sp³-hybridized carbons (Fsp3) is 0.176. The van der Waals surface area contributed by atoms with E-state index in [1.165, 1.54) is 17.8 Å². The van der Waals surface area contributed by atoms with E-state index in [0.29, 0.717) is 29.8 Å². The minimum atomic E-state index is -0.262. The van der Waals surface area contributed by atoms with Crippen molar-refractivity contribution in [1.29, 1.82) is 5.26 Å². The van der Waals surface area contributed by atoms with Crippen molar-refractivity contribution in [3.63, 3.8) is 0 Å². The van der Waals surface area contributed by atoms with Crippen LogP contribution in [0.5, 0.6) is 0 Å². The van der Waals surface area contributed by atoms with Crippen LogP contribution in [0.1, 0.15) is 15.9 Å². The van der Waals surface area contributed by atoms with E-state index in [0.717, 1.165) is 4.90 Å². The minimum absolute atomic E-state index is 0.211. The third-order valence-electron chi connectivity index (χ3n) is 3.06. The van der Waals surface area contributed by atoms with Crippen LogP contribution in [0.3, 0.4) is 0 Å². The molecule has 0 aromatic heterocycles. The molecule has 0 heterocycles. The maximum absolute atomic E-state index is 13.5. The first-order chi connectivity index (χ1) is 10.7. The fourth-order valence-electron chi connectivity index (χ4n) is 2.00. The van der Waals surface area contributed by atoms with Crippen LogP contribution >= 0.6 is 11.8 Å². The van der Waals surface area contributed by atoms with Crippen LogP contribution < -0.4 is 5.32 Å². The van der Waals surface area contributed by atoms with Crippen molar-refractivity contribution in [3.05, 3.63) is 65.5 Å². The van der Waals surface area contributed by atoms with Gasteiger partial charge in [-0.3, -0.25) is 4.79 Å². The van der Waals surface area contributed by atoms with E-state index in [1.54, 1.807) is 30.3 Å². The summed E-state index contributed by atoms with van der Waals surface area (Å²) in [6.45, 7) is 0.358. The highest BCUT2D eigenvalue weighted by molar-refractivity contribution is 7.99. The molecule has 0 aliphatic heterocycles. The third-order valence-corrected chi connectivity index (χ3v) is 4.00. The van der Waals surface area contributed by atoms with Crippen LogP contribution in [0.25, 0.3) is 0 Å². The van der Waals surface area contributed by atoms with E-state index in [1.807, 2.05) is 18.2 Å². The lowest BCUT2D eigenvalue weighted by Crippen LogP contribution is -2.26. The van der Waals surface area contributed by atoms with Crippen molar-refractivity contribution in [3.8, 4) is 6.07 Å².